The first-order valence-corrected chi connectivity index (χ1v) is 5.54. The SMILES string of the molecule is Cc1c(Cl)ccc2cc(/C=C/C(=O)O)n(C)c12. The van der Waals surface area contributed by atoms with Crippen molar-refractivity contribution in [1.29, 1.82) is 0 Å². The van der Waals surface area contributed by atoms with Gasteiger partial charge in [-0.3, -0.25) is 0 Å². The number of hydrogen-bond acceptors (Lipinski definition) is 1. The highest BCUT2D eigenvalue weighted by atomic mass is 35.5. The van der Waals surface area contributed by atoms with Crippen LogP contribution in [0.1, 0.15) is 11.3 Å². The monoisotopic (exact) mass is 249 g/mol. The zero-order valence-electron chi connectivity index (χ0n) is 9.57. The minimum Gasteiger partial charge on any atom is -0.478 e. The Hall–Kier alpha value is -1.74. The molecule has 0 radical (unpaired) electrons. The Morgan fingerprint density at radius 2 is 2.18 bits per heavy atom. The van der Waals surface area contributed by atoms with Gasteiger partial charge in [0.1, 0.15) is 0 Å². The molecule has 1 aromatic carbocycles. The maximum Gasteiger partial charge on any atom is 0.328 e. The molecule has 1 aromatic heterocycles. The largest absolute Gasteiger partial charge is 0.478 e. The van der Waals surface area contributed by atoms with Crippen LogP contribution in [0, 0.1) is 6.92 Å². The maximum absolute atomic E-state index is 10.5. The van der Waals surface area contributed by atoms with Gasteiger partial charge in [0, 0.05) is 29.2 Å². The molecule has 17 heavy (non-hydrogen) atoms. The molecule has 1 heterocycles. The molecule has 0 saturated carbocycles. The number of halogens is 1. The molecule has 1 N–H and O–H groups in total. The van der Waals surface area contributed by atoms with Gasteiger partial charge < -0.3 is 9.67 Å². The van der Waals surface area contributed by atoms with Gasteiger partial charge in [-0.15, -0.1) is 0 Å². The van der Waals surface area contributed by atoms with Crippen molar-refractivity contribution in [2.75, 3.05) is 0 Å². The smallest absolute Gasteiger partial charge is 0.328 e. The number of rotatable bonds is 2. The average Bonchev–Trinajstić information content (AvgIpc) is 2.59. The first-order valence-electron chi connectivity index (χ1n) is 5.16. The Morgan fingerprint density at radius 3 is 2.82 bits per heavy atom. The molecule has 0 amide bonds. The molecule has 0 spiro atoms. The standard InChI is InChI=1S/C13H12ClNO2/c1-8-11(14)5-3-9-7-10(4-6-12(16)17)15(2)13(8)9/h3-7H,1-2H3,(H,16,17)/b6-4+. The van der Waals surface area contributed by atoms with Crippen molar-refractivity contribution in [2.24, 2.45) is 7.05 Å². The van der Waals surface area contributed by atoms with Crippen molar-refractivity contribution in [3.8, 4) is 0 Å². The minimum absolute atomic E-state index is 0.715. The van der Waals surface area contributed by atoms with Gasteiger partial charge in [0.05, 0.1) is 5.52 Å². The van der Waals surface area contributed by atoms with Crippen LogP contribution in [0.2, 0.25) is 5.02 Å². The zero-order chi connectivity index (χ0) is 12.6. The normalized spacial score (nSPS) is 11.5. The molecule has 0 saturated heterocycles. The van der Waals surface area contributed by atoms with Gasteiger partial charge in [0.2, 0.25) is 0 Å². The van der Waals surface area contributed by atoms with E-state index in [2.05, 4.69) is 0 Å². The molecule has 0 atom stereocenters. The number of benzene rings is 1. The van der Waals surface area contributed by atoms with Crippen molar-refractivity contribution in [3.05, 3.63) is 40.6 Å². The summed E-state index contributed by atoms with van der Waals surface area (Å²) in [5.74, 6) is -0.954. The van der Waals surface area contributed by atoms with Crippen molar-refractivity contribution in [1.82, 2.24) is 4.57 Å². The van der Waals surface area contributed by atoms with E-state index < -0.39 is 5.97 Å². The number of fused-ring (bicyclic) bond motifs is 1. The van der Waals surface area contributed by atoms with E-state index in [0.29, 0.717) is 5.02 Å². The first-order chi connectivity index (χ1) is 8.00. The zero-order valence-corrected chi connectivity index (χ0v) is 10.3. The van der Waals surface area contributed by atoms with Crippen LogP contribution in [-0.4, -0.2) is 15.6 Å². The van der Waals surface area contributed by atoms with Crippen LogP contribution >= 0.6 is 11.6 Å². The van der Waals surface area contributed by atoms with Gasteiger partial charge in [-0.05, 0) is 30.7 Å². The predicted molar refractivity (Wildman–Crippen MR) is 69.3 cm³/mol. The summed E-state index contributed by atoms with van der Waals surface area (Å²) in [6.45, 7) is 1.95. The van der Waals surface area contributed by atoms with E-state index in [1.807, 2.05) is 36.7 Å². The van der Waals surface area contributed by atoms with Gasteiger partial charge in [0.25, 0.3) is 0 Å². The summed E-state index contributed by atoms with van der Waals surface area (Å²) < 4.78 is 1.94. The molecule has 0 bridgehead atoms. The highest BCUT2D eigenvalue weighted by molar-refractivity contribution is 6.32. The number of aliphatic carboxylic acids is 1. The van der Waals surface area contributed by atoms with E-state index in [4.69, 9.17) is 16.7 Å². The van der Waals surface area contributed by atoms with Crippen LogP contribution in [0.25, 0.3) is 17.0 Å². The molecule has 4 heteroatoms. The van der Waals surface area contributed by atoms with E-state index in [1.165, 1.54) is 0 Å². The maximum atomic E-state index is 10.5. The van der Waals surface area contributed by atoms with E-state index in [1.54, 1.807) is 6.08 Å². The third-order valence-electron chi connectivity index (χ3n) is 2.82. The summed E-state index contributed by atoms with van der Waals surface area (Å²) >= 11 is 6.07. The number of nitrogens with zero attached hydrogens (tertiary/aromatic N) is 1. The summed E-state index contributed by atoms with van der Waals surface area (Å²) in [6.07, 6.45) is 2.71. The van der Waals surface area contributed by atoms with Crippen LogP contribution in [0.4, 0.5) is 0 Å². The van der Waals surface area contributed by atoms with E-state index >= 15 is 0 Å². The number of aromatic nitrogens is 1. The number of carbonyl (C=O) groups is 1. The molecular weight excluding hydrogens is 238 g/mol. The lowest BCUT2D eigenvalue weighted by atomic mass is 10.1. The van der Waals surface area contributed by atoms with Gasteiger partial charge in [-0.1, -0.05) is 17.7 Å². The van der Waals surface area contributed by atoms with E-state index in [9.17, 15) is 4.79 Å². The van der Waals surface area contributed by atoms with Crippen LogP contribution in [-0.2, 0) is 11.8 Å². The fourth-order valence-corrected chi connectivity index (χ4v) is 2.11. The highest BCUT2D eigenvalue weighted by Crippen LogP contribution is 2.28. The summed E-state index contributed by atoms with van der Waals surface area (Å²) in [5.41, 5.74) is 2.87. The van der Waals surface area contributed by atoms with Crippen LogP contribution in [0.5, 0.6) is 0 Å². The summed E-state index contributed by atoms with van der Waals surface area (Å²) in [6, 6.07) is 5.73. The molecule has 88 valence electrons. The Morgan fingerprint density at radius 1 is 1.47 bits per heavy atom. The van der Waals surface area contributed by atoms with Gasteiger partial charge >= 0.3 is 5.97 Å². The predicted octanol–water partition coefficient (Wildman–Crippen LogP) is 3.24. The minimum atomic E-state index is -0.954. The lowest BCUT2D eigenvalue weighted by Crippen LogP contribution is -1.93. The Labute approximate surface area is 104 Å². The summed E-state index contributed by atoms with van der Waals surface area (Å²) in [5, 5.41) is 10.4. The van der Waals surface area contributed by atoms with Gasteiger partial charge in [-0.2, -0.15) is 0 Å². The van der Waals surface area contributed by atoms with Crippen molar-refractivity contribution in [3.63, 3.8) is 0 Å². The second kappa shape index (κ2) is 4.26. The van der Waals surface area contributed by atoms with Crippen LogP contribution in [0.15, 0.2) is 24.3 Å². The van der Waals surface area contributed by atoms with Crippen LogP contribution < -0.4 is 0 Å². The lowest BCUT2D eigenvalue weighted by molar-refractivity contribution is -0.131. The first kappa shape index (κ1) is 11.7. The van der Waals surface area contributed by atoms with Crippen LogP contribution in [0.3, 0.4) is 0 Å². The van der Waals surface area contributed by atoms with E-state index in [0.717, 1.165) is 28.2 Å². The highest BCUT2D eigenvalue weighted by Gasteiger charge is 2.08. The summed E-state index contributed by atoms with van der Waals surface area (Å²) in [7, 11) is 1.90. The number of hydrogen-bond donors (Lipinski definition) is 1. The number of carboxylic acids is 1. The molecule has 0 aliphatic heterocycles. The summed E-state index contributed by atoms with van der Waals surface area (Å²) in [4.78, 5) is 10.5. The molecule has 2 aromatic rings. The molecule has 0 aliphatic rings. The molecular formula is C13H12ClNO2. The van der Waals surface area contributed by atoms with Crippen molar-refractivity contribution < 1.29 is 9.90 Å². The Balaban J connectivity index is 2.65. The number of carboxylic acid groups (broad SMARTS) is 1. The molecule has 3 nitrogen and oxygen atoms in total. The third-order valence-corrected chi connectivity index (χ3v) is 3.23. The topological polar surface area (TPSA) is 42.2 Å². The quantitative estimate of drug-likeness (QED) is 0.831. The van der Waals surface area contributed by atoms with Crippen molar-refractivity contribution in [2.45, 2.75) is 6.92 Å². The molecule has 0 fully saturated rings. The Kier molecular flexibility index (Phi) is 2.94. The van der Waals surface area contributed by atoms with Gasteiger partial charge in [-0.25, -0.2) is 4.79 Å². The molecule has 2 rings (SSSR count). The Bertz CT molecular complexity index is 626. The number of aryl methyl sites for hydroxylation is 2. The second-order valence-corrected chi connectivity index (χ2v) is 4.32. The van der Waals surface area contributed by atoms with Crippen molar-refractivity contribution >= 4 is 34.5 Å². The molecule has 0 aliphatic carbocycles. The second-order valence-electron chi connectivity index (χ2n) is 3.91. The van der Waals surface area contributed by atoms with E-state index in [-0.39, 0.29) is 0 Å². The fraction of sp³-hybridized carbons (Fsp3) is 0.154. The fourth-order valence-electron chi connectivity index (χ4n) is 1.96. The van der Waals surface area contributed by atoms with Gasteiger partial charge in [0.15, 0.2) is 0 Å². The third kappa shape index (κ3) is 2.06. The average molecular weight is 250 g/mol. The lowest BCUT2D eigenvalue weighted by Gasteiger charge is -2.04. The molecule has 0 unspecified atom stereocenters.